The topological polar surface area (TPSA) is 26.1 Å². The molecular formula is C5H8F3N2. The molecular weight excluding hydrogens is 145 g/mol. The van der Waals surface area contributed by atoms with Crippen molar-refractivity contribution < 1.29 is 13.2 Å². The van der Waals surface area contributed by atoms with Crippen LogP contribution >= 0.6 is 0 Å². The van der Waals surface area contributed by atoms with Crippen molar-refractivity contribution >= 4 is 0 Å². The molecule has 5 heteroatoms. The quantitative estimate of drug-likeness (QED) is 0.525. The first-order valence-electron chi connectivity index (χ1n) is 3.04. The Bertz CT molecular complexity index is 106. The first-order valence-corrected chi connectivity index (χ1v) is 3.04. The Balaban J connectivity index is 2.39. The predicted molar refractivity (Wildman–Crippen MR) is 29.7 cm³/mol. The molecule has 1 radical (unpaired) electrons. The smallest absolute Gasteiger partial charge is 0.304 e. The van der Waals surface area contributed by atoms with Gasteiger partial charge >= 0.3 is 6.18 Å². The lowest BCUT2D eigenvalue weighted by Crippen LogP contribution is -2.53. The normalized spacial score (nSPS) is 28.5. The van der Waals surface area contributed by atoms with Crippen LogP contribution in [-0.4, -0.2) is 31.9 Å². The fourth-order valence-corrected chi connectivity index (χ4v) is 0.822. The van der Waals surface area contributed by atoms with Gasteiger partial charge in [0.2, 0.25) is 0 Å². The van der Waals surface area contributed by atoms with E-state index in [1.54, 1.807) is 0 Å². The first kappa shape index (κ1) is 7.81. The highest BCUT2D eigenvalue weighted by atomic mass is 19.4. The molecule has 2 nitrogen and oxygen atoms in total. The Labute approximate surface area is 56.8 Å². The Kier molecular flexibility index (Phi) is 2.15. The molecule has 1 atom stereocenters. The molecule has 1 unspecified atom stereocenters. The average Bonchev–Trinajstić information content (AvgIpc) is 1.88. The average molecular weight is 153 g/mol. The van der Waals surface area contributed by atoms with Crippen LogP contribution in [0.5, 0.6) is 0 Å². The van der Waals surface area contributed by atoms with Gasteiger partial charge in [0.25, 0.3) is 0 Å². The molecule has 0 aromatic heterocycles. The molecule has 0 aromatic carbocycles. The van der Waals surface area contributed by atoms with Gasteiger partial charge < -0.3 is 5.32 Å². The molecule has 0 aromatic rings. The van der Waals surface area contributed by atoms with E-state index >= 15 is 0 Å². The molecule has 0 aliphatic carbocycles. The van der Waals surface area contributed by atoms with Crippen LogP contribution in [-0.2, 0) is 0 Å². The van der Waals surface area contributed by atoms with E-state index in [1.165, 1.54) is 0 Å². The maximum Gasteiger partial charge on any atom is 0.405 e. The third kappa shape index (κ3) is 1.85. The predicted octanol–water partition coefficient (Wildman–Crippen LogP) is 0.125. The van der Waals surface area contributed by atoms with Gasteiger partial charge in [-0.15, -0.1) is 0 Å². The summed E-state index contributed by atoms with van der Waals surface area (Å²) in [5.74, 6) is 0. The molecule has 1 aliphatic heterocycles. The van der Waals surface area contributed by atoms with Crippen molar-refractivity contribution in [2.45, 2.75) is 12.2 Å². The lowest BCUT2D eigenvalue weighted by molar-refractivity contribution is -0.157. The van der Waals surface area contributed by atoms with Crippen LogP contribution in [0.3, 0.4) is 0 Å². The molecule has 0 bridgehead atoms. The lowest BCUT2D eigenvalue weighted by atomic mass is 10.2. The van der Waals surface area contributed by atoms with Gasteiger partial charge in [0.15, 0.2) is 0 Å². The van der Waals surface area contributed by atoms with Crippen LogP contribution in [0.1, 0.15) is 0 Å². The zero-order valence-corrected chi connectivity index (χ0v) is 5.28. The molecule has 1 heterocycles. The van der Waals surface area contributed by atoms with Crippen LogP contribution in [0, 0.1) is 0 Å². The van der Waals surface area contributed by atoms with Gasteiger partial charge in [-0.3, -0.25) is 0 Å². The minimum Gasteiger partial charge on any atom is -0.304 e. The van der Waals surface area contributed by atoms with Crippen LogP contribution in [0.15, 0.2) is 0 Å². The molecule has 1 aliphatic rings. The summed E-state index contributed by atoms with van der Waals surface area (Å²) in [6.07, 6.45) is -4.14. The maximum atomic E-state index is 11.8. The SMILES string of the molecule is FC(F)(F)C1C[N]CCN1. The minimum absolute atomic E-state index is 0.135. The van der Waals surface area contributed by atoms with Gasteiger partial charge in [-0.1, -0.05) is 0 Å². The largest absolute Gasteiger partial charge is 0.405 e. The van der Waals surface area contributed by atoms with Crippen LogP contribution < -0.4 is 10.6 Å². The van der Waals surface area contributed by atoms with Crippen molar-refractivity contribution in [3.05, 3.63) is 0 Å². The Morgan fingerprint density at radius 2 is 2.10 bits per heavy atom. The zero-order valence-electron chi connectivity index (χ0n) is 5.28. The van der Waals surface area contributed by atoms with E-state index in [1.807, 2.05) is 0 Å². The molecule has 0 saturated carbocycles. The molecule has 0 amide bonds. The van der Waals surface area contributed by atoms with Gasteiger partial charge in [0, 0.05) is 19.6 Å². The van der Waals surface area contributed by atoms with E-state index in [2.05, 4.69) is 10.6 Å². The third-order valence-electron chi connectivity index (χ3n) is 1.37. The Morgan fingerprint density at radius 1 is 1.40 bits per heavy atom. The zero-order chi connectivity index (χ0) is 7.61. The molecule has 1 fully saturated rings. The summed E-state index contributed by atoms with van der Waals surface area (Å²) in [6.45, 7) is 0.695. The molecule has 1 N–H and O–H groups in total. The van der Waals surface area contributed by atoms with Gasteiger partial charge in [0.05, 0.1) is 0 Å². The van der Waals surface area contributed by atoms with E-state index in [9.17, 15) is 13.2 Å². The Morgan fingerprint density at radius 3 is 2.40 bits per heavy atom. The second-order valence-electron chi connectivity index (χ2n) is 2.18. The van der Waals surface area contributed by atoms with Crippen molar-refractivity contribution in [1.29, 1.82) is 0 Å². The number of piperazine rings is 1. The number of nitrogens with zero attached hydrogens (tertiary/aromatic N) is 1. The van der Waals surface area contributed by atoms with E-state index in [0.717, 1.165) is 0 Å². The van der Waals surface area contributed by atoms with Crippen LogP contribution in [0.2, 0.25) is 0 Å². The van der Waals surface area contributed by atoms with E-state index in [0.29, 0.717) is 13.1 Å². The highest BCUT2D eigenvalue weighted by molar-refractivity contribution is 4.80. The van der Waals surface area contributed by atoms with E-state index in [4.69, 9.17) is 0 Å². The fourth-order valence-electron chi connectivity index (χ4n) is 0.822. The molecule has 1 saturated heterocycles. The summed E-state index contributed by atoms with van der Waals surface area (Å²) in [5, 5.41) is 5.98. The number of hydrogen-bond acceptors (Lipinski definition) is 1. The number of hydrogen-bond donors (Lipinski definition) is 1. The second-order valence-corrected chi connectivity index (χ2v) is 2.18. The third-order valence-corrected chi connectivity index (χ3v) is 1.37. The van der Waals surface area contributed by atoms with Crippen LogP contribution in [0.4, 0.5) is 13.2 Å². The standard InChI is InChI=1S/C5H8F3N2/c6-5(7,8)4-3-9-1-2-10-4/h4,10H,1-3H2. The summed E-state index contributed by atoms with van der Waals surface area (Å²) in [6, 6.07) is -1.42. The summed E-state index contributed by atoms with van der Waals surface area (Å²) in [4.78, 5) is 0. The van der Waals surface area contributed by atoms with E-state index in [-0.39, 0.29) is 6.54 Å². The van der Waals surface area contributed by atoms with Crippen molar-refractivity contribution in [3.8, 4) is 0 Å². The number of nitrogens with one attached hydrogen (secondary N) is 1. The summed E-state index contributed by atoms with van der Waals surface area (Å²) < 4.78 is 35.5. The molecule has 1 rings (SSSR count). The van der Waals surface area contributed by atoms with E-state index < -0.39 is 12.2 Å². The van der Waals surface area contributed by atoms with Gasteiger partial charge in [-0.05, 0) is 0 Å². The van der Waals surface area contributed by atoms with Crippen molar-refractivity contribution in [2.75, 3.05) is 19.6 Å². The number of alkyl halides is 3. The van der Waals surface area contributed by atoms with Crippen molar-refractivity contribution in [3.63, 3.8) is 0 Å². The molecule has 10 heavy (non-hydrogen) atoms. The summed E-state index contributed by atoms with van der Waals surface area (Å²) >= 11 is 0. The van der Waals surface area contributed by atoms with Crippen LogP contribution in [0.25, 0.3) is 0 Å². The van der Waals surface area contributed by atoms with Crippen molar-refractivity contribution in [1.82, 2.24) is 10.6 Å². The summed E-state index contributed by atoms with van der Waals surface area (Å²) in [5.41, 5.74) is 0. The number of halogens is 3. The monoisotopic (exact) mass is 153 g/mol. The Hall–Kier alpha value is -0.290. The second kappa shape index (κ2) is 2.75. The number of rotatable bonds is 0. The minimum atomic E-state index is -4.14. The van der Waals surface area contributed by atoms with Crippen molar-refractivity contribution in [2.24, 2.45) is 0 Å². The van der Waals surface area contributed by atoms with Gasteiger partial charge in [-0.25, -0.2) is 5.32 Å². The fraction of sp³-hybridized carbons (Fsp3) is 1.00. The lowest BCUT2D eigenvalue weighted by Gasteiger charge is -2.25. The van der Waals surface area contributed by atoms with Gasteiger partial charge in [0.1, 0.15) is 6.04 Å². The molecule has 59 valence electrons. The first-order chi connectivity index (χ1) is 4.61. The highest BCUT2D eigenvalue weighted by Gasteiger charge is 2.40. The maximum absolute atomic E-state index is 11.8. The van der Waals surface area contributed by atoms with Gasteiger partial charge in [-0.2, -0.15) is 13.2 Å². The highest BCUT2D eigenvalue weighted by Crippen LogP contribution is 2.20. The summed E-state index contributed by atoms with van der Waals surface area (Å²) in [7, 11) is 0. The molecule has 0 spiro atoms.